The molecular formula is C35H37Cl2N3O8S. The lowest BCUT2D eigenvalue weighted by atomic mass is 10.0. The zero-order valence-electron chi connectivity index (χ0n) is 27.6. The molecule has 0 aromatic heterocycles. The van der Waals surface area contributed by atoms with Gasteiger partial charge in [-0.3, -0.25) is 13.9 Å². The smallest absolute Gasteiger partial charge is 0.265 e. The predicted octanol–water partition coefficient (Wildman–Crippen LogP) is 5.61. The third-order valence-electron chi connectivity index (χ3n) is 7.75. The van der Waals surface area contributed by atoms with Gasteiger partial charge in [-0.2, -0.15) is 0 Å². The van der Waals surface area contributed by atoms with Crippen molar-refractivity contribution in [1.82, 2.24) is 10.2 Å². The molecule has 0 fully saturated rings. The largest absolute Gasteiger partial charge is 0.497 e. The number of methoxy groups -OCH3 is 4. The molecule has 49 heavy (non-hydrogen) atoms. The predicted molar refractivity (Wildman–Crippen MR) is 189 cm³/mol. The molecule has 0 saturated carbocycles. The van der Waals surface area contributed by atoms with Gasteiger partial charge in [0.1, 0.15) is 24.1 Å². The van der Waals surface area contributed by atoms with Crippen LogP contribution >= 0.6 is 23.2 Å². The van der Waals surface area contributed by atoms with Crippen molar-refractivity contribution in [2.45, 2.75) is 23.9 Å². The third kappa shape index (κ3) is 8.69. The van der Waals surface area contributed by atoms with E-state index in [1.807, 2.05) is 30.3 Å². The number of rotatable bonds is 15. The molecule has 4 aromatic carbocycles. The first-order valence-corrected chi connectivity index (χ1v) is 17.1. The van der Waals surface area contributed by atoms with Crippen molar-refractivity contribution in [2.75, 3.05) is 46.3 Å². The van der Waals surface area contributed by atoms with Crippen LogP contribution in [-0.2, 0) is 32.6 Å². The molecule has 1 N–H and O–H groups in total. The number of nitrogens with one attached hydrogen (secondary N) is 1. The van der Waals surface area contributed by atoms with Crippen molar-refractivity contribution in [2.24, 2.45) is 0 Å². The molecule has 1 atom stereocenters. The molecule has 11 nitrogen and oxygen atoms in total. The second-order valence-corrected chi connectivity index (χ2v) is 13.3. The standard InChI is InChI=1S/C35H37Cl2N3O8S/c1-38-35(42)30(17-23-9-7-6-8-10-23)39(21-24-11-12-25(36)18-28(24)37)34(41)22-40(29-19-26(45-2)13-15-31(29)46-3)49(43,44)27-14-16-32(47-4)33(20-27)48-5/h6-16,18-20,30H,17,21-22H2,1-5H3,(H,38,42). The summed E-state index contributed by atoms with van der Waals surface area (Å²) in [6.45, 7) is -0.882. The van der Waals surface area contributed by atoms with Crippen molar-refractivity contribution >= 4 is 50.7 Å². The van der Waals surface area contributed by atoms with Crippen LogP contribution in [0.3, 0.4) is 0 Å². The Morgan fingerprint density at radius 3 is 2.08 bits per heavy atom. The highest BCUT2D eigenvalue weighted by atomic mass is 35.5. The molecule has 0 aliphatic carbocycles. The summed E-state index contributed by atoms with van der Waals surface area (Å²) in [4.78, 5) is 29.3. The van der Waals surface area contributed by atoms with Crippen LogP contribution in [-0.4, -0.2) is 73.2 Å². The van der Waals surface area contributed by atoms with Gasteiger partial charge in [-0.25, -0.2) is 8.42 Å². The minimum absolute atomic E-state index is 0.0222. The highest BCUT2D eigenvalue weighted by molar-refractivity contribution is 7.92. The highest BCUT2D eigenvalue weighted by Gasteiger charge is 2.36. The molecule has 0 heterocycles. The van der Waals surface area contributed by atoms with Crippen molar-refractivity contribution in [1.29, 1.82) is 0 Å². The number of hydrogen-bond acceptors (Lipinski definition) is 8. The fourth-order valence-electron chi connectivity index (χ4n) is 5.16. The number of anilines is 1. The summed E-state index contributed by atoms with van der Waals surface area (Å²) in [5, 5.41) is 3.30. The molecule has 1 unspecified atom stereocenters. The average Bonchev–Trinajstić information content (AvgIpc) is 3.12. The summed E-state index contributed by atoms with van der Waals surface area (Å²) in [5.41, 5.74) is 1.30. The van der Waals surface area contributed by atoms with Gasteiger partial charge < -0.3 is 29.2 Å². The Morgan fingerprint density at radius 2 is 1.47 bits per heavy atom. The number of hydrogen-bond donors (Lipinski definition) is 1. The van der Waals surface area contributed by atoms with E-state index >= 15 is 0 Å². The van der Waals surface area contributed by atoms with Gasteiger partial charge in [0.05, 0.1) is 39.0 Å². The van der Waals surface area contributed by atoms with E-state index in [-0.39, 0.29) is 40.1 Å². The minimum atomic E-state index is -4.52. The number of amides is 2. The Kier molecular flexibility index (Phi) is 12.6. The second-order valence-electron chi connectivity index (χ2n) is 10.6. The first-order valence-electron chi connectivity index (χ1n) is 14.9. The minimum Gasteiger partial charge on any atom is -0.497 e. The molecule has 0 bridgehead atoms. The zero-order valence-corrected chi connectivity index (χ0v) is 29.9. The van der Waals surface area contributed by atoms with E-state index in [9.17, 15) is 18.0 Å². The summed E-state index contributed by atoms with van der Waals surface area (Å²) >= 11 is 12.7. The number of sulfonamides is 1. The molecule has 4 rings (SSSR count). The summed E-state index contributed by atoms with van der Waals surface area (Å²) in [6.07, 6.45) is 0.127. The molecule has 0 radical (unpaired) electrons. The molecule has 14 heteroatoms. The zero-order chi connectivity index (χ0) is 35.7. The van der Waals surface area contributed by atoms with Crippen LogP contribution in [0.2, 0.25) is 10.0 Å². The van der Waals surface area contributed by atoms with Crippen molar-refractivity contribution < 1.29 is 37.0 Å². The maximum atomic E-state index is 14.7. The highest BCUT2D eigenvalue weighted by Crippen LogP contribution is 2.38. The first kappa shape index (κ1) is 37.2. The third-order valence-corrected chi connectivity index (χ3v) is 10.1. The fourth-order valence-corrected chi connectivity index (χ4v) is 7.06. The van der Waals surface area contributed by atoms with E-state index in [1.165, 1.54) is 76.8 Å². The Morgan fingerprint density at radius 1 is 0.796 bits per heavy atom. The van der Waals surface area contributed by atoms with Gasteiger partial charge in [0.25, 0.3) is 10.0 Å². The Hall–Kier alpha value is -4.65. The van der Waals surface area contributed by atoms with Crippen LogP contribution in [0.5, 0.6) is 23.0 Å². The Bertz CT molecular complexity index is 1890. The van der Waals surface area contributed by atoms with Crippen molar-refractivity contribution in [3.8, 4) is 23.0 Å². The van der Waals surface area contributed by atoms with Gasteiger partial charge in [-0.1, -0.05) is 59.6 Å². The van der Waals surface area contributed by atoms with Crippen LogP contribution in [0.4, 0.5) is 5.69 Å². The fraction of sp³-hybridized carbons (Fsp3) is 0.257. The van der Waals surface area contributed by atoms with E-state index in [0.29, 0.717) is 22.1 Å². The number of carbonyl (C=O) groups excluding carboxylic acids is 2. The van der Waals surface area contributed by atoms with Crippen LogP contribution in [0, 0.1) is 0 Å². The number of ether oxygens (including phenoxy) is 4. The maximum Gasteiger partial charge on any atom is 0.265 e. The summed E-state index contributed by atoms with van der Waals surface area (Å²) in [6, 6.07) is 21.6. The van der Waals surface area contributed by atoms with Crippen molar-refractivity contribution in [3.05, 3.63) is 106 Å². The second kappa shape index (κ2) is 16.6. The lowest BCUT2D eigenvalue weighted by Gasteiger charge is -2.34. The molecule has 2 amide bonds. The average molecular weight is 731 g/mol. The van der Waals surface area contributed by atoms with Gasteiger partial charge in [0.2, 0.25) is 11.8 Å². The summed E-state index contributed by atoms with van der Waals surface area (Å²) < 4.78 is 51.7. The van der Waals surface area contributed by atoms with E-state index in [0.717, 1.165) is 9.87 Å². The van der Waals surface area contributed by atoms with E-state index in [1.54, 1.807) is 18.2 Å². The molecule has 0 saturated heterocycles. The number of likely N-dealkylation sites (N-methyl/N-ethyl adjacent to an activating group) is 1. The number of carbonyl (C=O) groups is 2. The quantitative estimate of drug-likeness (QED) is 0.168. The van der Waals surface area contributed by atoms with Crippen LogP contribution in [0.25, 0.3) is 0 Å². The van der Waals surface area contributed by atoms with Gasteiger partial charge in [-0.15, -0.1) is 0 Å². The number of nitrogens with zero attached hydrogens (tertiary/aromatic N) is 2. The maximum absolute atomic E-state index is 14.7. The molecule has 0 aliphatic heterocycles. The van der Waals surface area contributed by atoms with Gasteiger partial charge in [0, 0.05) is 42.2 Å². The lowest BCUT2D eigenvalue weighted by Crippen LogP contribution is -2.53. The van der Waals surface area contributed by atoms with Gasteiger partial charge >= 0.3 is 0 Å². The van der Waals surface area contributed by atoms with E-state index < -0.39 is 34.4 Å². The Labute approximate surface area is 296 Å². The first-order chi connectivity index (χ1) is 23.5. The van der Waals surface area contributed by atoms with Gasteiger partial charge in [0.15, 0.2) is 11.5 Å². The van der Waals surface area contributed by atoms with E-state index in [4.69, 9.17) is 42.1 Å². The Balaban J connectivity index is 1.90. The summed E-state index contributed by atoms with van der Waals surface area (Å²) in [5.74, 6) is -0.234. The topological polar surface area (TPSA) is 124 Å². The van der Waals surface area contributed by atoms with Crippen LogP contribution in [0.15, 0.2) is 89.8 Å². The number of halogens is 2. The van der Waals surface area contributed by atoms with Crippen LogP contribution in [0.1, 0.15) is 11.1 Å². The molecule has 0 spiro atoms. The van der Waals surface area contributed by atoms with Crippen molar-refractivity contribution in [3.63, 3.8) is 0 Å². The van der Waals surface area contributed by atoms with E-state index in [2.05, 4.69) is 5.32 Å². The van der Waals surface area contributed by atoms with Crippen LogP contribution < -0.4 is 28.6 Å². The molecule has 260 valence electrons. The monoisotopic (exact) mass is 729 g/mol. The summed E-state index contributed by atoms with van der Waals surface area (Å²) in [7, 11) is 2.56. The number of benzene rings is 4. The molecule has 0 aliphatic rings. The normalized spacial score (nSPS) is 11.7. The SMILES string of the molecule is CNC(=O)C(Cc1ccccc1)N(Cc1ccc(Cl)cc1Cl)C(=O)CN(c1cc(OC)ccc1OC)S(=O)(=O)c1ccc(OC)c(OC)c1. The lowest BCUT2D eigenvalue weighted by molar-refractivity contribution is -0.139. The molecular weight excluding hydrogens is 693 g/mol. The molecule has 4 aromatic rings. The van der Waals surface area contributed by atoms with Gasteiger partial charge in [-0.05, 0) is 47.5 Å².